The molecule has 1 aromatic heterocycles. The Hall–Kier alpha value is -2.53. The minimum atomic E-state index is -0.435. The molecule has 3 aromatic rings. The van der Waals surface area contributed by atoms with Crippen LogP contribution in [-0.4, -0.2) is 29.3 Å². The van der Waals surface area contributed by atoms with Gasteiger partial charge in [-0.1, -0.05) is 48.0 Å². The summed E-state index contributed by atoms with van der Waals surface area (Å²) in [6.07, 6.45) is 1.58. The average Bonchev–Trinajstić information content (AvgIpc) is 3.01. The lowest BCUT2D eigenvalue weighted by molar-refractivity contribution is 0.0603. The fourth-order valence-electron chi connectivity index (χ4n) is 2.79. The van der Waals surface area contributed by atoms with Crippen molar-refractivity contribution in [3.8, 4) is 0 Å². The molecule has 0 amide bonds. The number of hydrogen-bond donors (Lipinski definition) is 0. The summed E-state index contributed by atoms with van der Waals surface area (Å²) in [6, 6.07) is 15.6. The Morgan fingerprint density at radius 2 is 1.92 bits per heavy atom. The summed E-state index contributed by atoms with van der Waals surface area (Å²) >= 11 is 1.56. The highest BCUT2D eigenvalue weighted by molar-refractivity contribution is 7.99. The predicted octanol–water partition coefficient (Wildman–Crippen LogP) is 4.31. The topological polar surface area (TPSA) is 48.3 Å². The van der Waals surface area contributed by atoms with Gasteiger partial charge in [0.1, 0.15) is 0 Å². The molecule has 0 unspecified atom stereocenters. The molecule has 0 fully saturated rings. The molecule has 0 aliphatic carbocycles. The van der Waals surface area contributed by atoms with Gasteiger partial charge in [0.15, 0.2) is 0 Å². The molecule has 1 heterocycles. The number of thioether (sulfide) groups is 1. The number of aryl methyl sites for hydroxylation is 1. The molecule has 0 bridgehead atoms. The van der Waals surface area contributed by atoms with Crippen molar-refractivity contribution >= 4 is 34.5 Å². The van der Waals surface area contributed by atoms with Crippen molar-refractivity contribution in [2.45, 2.75) is 12.7 Å². The van der Waals surface area contributed by atoms with Gasteiger partial charge in [0.25, 0.3) is 0 Å². The number of nitrogens with zero attached hydrogens (tertiary/aromatic N) is 1. The molecule has 0 aliphatic rings. The van der Waals surface area contributed by atoms with Crippen molar-refractivity contribution in [1.82, 2.24) is 4.57 Å². The zero-order valence-electron chi connectivity index (χ0n) is 14.2. The maximum absolute atomic E-state index is 12.6. The maximum atomic E-state index is 12.6. The summed E-state index contributed by atoms with van der Waals surface area (Å²) in [5.41, 5.74) is 3.55. The van der Waals surface area contributed by atoms with Gasteiger partial charge >= 0.3 is 5.97 Å². The Labute approximate surface area is 150 Å². The normalized spacial score (nSPS) is 10.8. The van der Waals surface area contributed by atoms with Crippen molar-refractivity contribution in [3.63, 3.8) is 0 Å². The zero-order chi connectivity index (χ0) is 17.8. The van der Waals surface area contributed by atoms with Gasteiger partial charge in [-0.05, 0) is 18.6 Å². The van der Waals surface area contributed by atoms with Crippen LogP contribution in [-0.2, 0) is 10.5 Å². The molecule has 0 aliphatic heterocycles. The number of methoxy groups -OCH3 is 1. The minimum Gasteiger partial charge on any atom is -0.465 e. The molecule has 4 nitrogen and oxygen atoms in total. The average molecular weight is 353 g/mol. The maximum Gasteiger partial charge on any atom is 0.340 e. The summed E-state index contributed by atoms with van der Waals surface area (Å²) in [4.78, 5) is 24.6. The first-order chi connectivity index (χ1) is 12.1. The third kappa shape index (κ3) is 3.77. The number of benzene rings is 2. The first-order valence-corrected chi connectivity index (χ1v) is 9.10. The van der Waals surface area contributed by atoms with Crippen LogP contribution in [0.2, 0.25) is 0 Å². The van der Waals surface area contributed by atoms with Crippen LogP contribution >= 0.6 is 11.8 Å². The van der Waals surface area contributed by atoms with Crippen molar-refractivity contribution < 1.29 is 14.3 Å². The predicted molar refractivity (Wildman–Crippen MR) is 101 cm³/mol. The number of aromatic nitrogens is 1. The van der Waals surface area contributed by atoms with E-state index in [9.17, 15) is 9.59 Å². The van der Waals surface area contributed by atoms with Crippen LogP contribution < -0.4 is 0 Å². The van der Waals surface area contributed by atoms with E-state index in [0.717, 1.165) is 16.7 Å². The standard InChI is InChI=1S/C20H19NO3S/c1-14-6-5-7-15(10-14)12-25-13-19(22)21-11-17(20(23)24-2)16-8-3-4-9-18(16)21/h3-11H,12-13H2,1-2H3. The number of carbonyl (C=O) groups excluding carboxylic acids is 2. The highest BCUT2D eigenvalue weighted by atomic mass is 32.2. The molecule has 0 N–H and O–H groups in total. The van der Waals surface area contributed by atoms with E-state index in [1.54, 1.807) is 22.5 Å². The molecule has 2 aromatic carbocycles. The van der Waals surface area contributed by atoms with Crippen molar-refractivity contribution in [2.24, 2.45) is 0 Å². The number of carbonyl (C=O) groups is 2. The van der Waals surface area contributed by atoms with E-state index in [-0.39, 0.29) is 5.91 Å². The molecule has 0 saturated carbocycles. The number of hydrogen-bond acceptors (Lipinski definition) is 4. The van der Waals surface area contributed by atoms with E-state index in [0.29, 0.717) is 11.3 Å². The molecular weight excluding hydrogens is 334 g/mol. The molecule has 0 spiro atoms. The van der Waals surface area contributed by atoms with Crippen LogP contribution in [0, 0.1) is 6.92 Å². The second kappa shape index (κ2) is 7.57. The molecule has 3 rings (SSSR count). The molecule has 128 valence electrons. The van der Waals surface area contributed by atoms with Gasteiger partial charge in [-0.25, -0.2) is 4.79 Å². The Kier molecular flexibility index (Phi) is 5.24. The van der Waals surface area contributed by atoms with Crippen LogP contribution in [0.4, 0.5) is 0 Å². The van der Waals surface area contributed by atoms with E-state index in [1.165, 1.54) is 18.2 Å². The van der Waals surface area contributed by atoms with Crippen LogP contribution in [0.25, 0.3) is 10.9 Å². The quantitative estimate of drug-likeness (QED) is 0.641. The van der Waals surface area contributed by atoms with Crippen LogP contribution in [0.1, 0.15) is 26.3 Å². The van der Waals surface area contributed by atoms with Crippen LogP contribution in [0.3, 0.4) is 0 Å². The van der Waals surface area contributed by atoms with E-state index < -0.39 is 5.97 Å². The van der Waals surface area contributed by atoms with E-state index in [1.807, 2.05) is 30.3 Å². The smallest absolute Gasteiger partial charge is 0.340 e. The Bertz CT molecular complexity index is 930. The Balaban J connectivity index is 1.77. The fraction of sp³-hybridized carbons (Fsp3) is 0.200. The lowest BCUT2D eigenvalue weighted by Crippen LogP contribution is -2.12. The third-order valence-corrected chi connectivity index (χ3v) is 4.95. The van der Waals surface area contributed by atoms with E-state index in [2.05, 4.69) is 25.1 Å². The van der Waals surface area contributed by atoms with E-state index in [4.69, 9.17) is 4.74 Å². The summed E-state index contributed by atoms with van der Waals surface area (Å²) in [7, 11) is 1.34. The van der Waals surface area contributed by atoms with Gasteiger partial charge in [-0.15, -0.1) is 11.8 Å². The highest BCUT2D eigenvalue weighted by Crippen LogP contribution is 2.23. The number of esters is 1. The number of rotatable bonds is 5. The summed E-state index contributed by atoms with van der Waals surface area (Å²) in [6.45, 7) is 2.06. The van der Waals surface area contributed by atoms with Gasteiger partial charge in [0.05, 0.1) is 23.9 Å². The second-order valence-corrected chi connectivity index (χ2v) is 6.78. The molecule has 5 heteroatoms. The van der Waals surface area contributed by atoms with Gasteiger partial charge in [-0.3, -0.25) is 9.36 Å². The second-order valence-electron chi connectivity index (χ2n) is 5.80. The van der Waals surface area contributed by atoms with Crippen molar-refractivity contribution in [2.75, 3.05) is 12.9 Å². The van der Waals surface area contributed by atoms with Gasteiger partial charge in [0, 0.05) is 17.3 Å². The molecule has 0 radical (unpaired) electrons. The number of para-hydroxylation sites is 1. The van der Waals surface area contributed by atoms with Crippen LogP contribution in [0.5, 0.6) is 0 Å². The summed E-state index contributed by atoms with van der Waals surface area (Å²) in [5, 5.41) is 0.728. The first-order valence-electron chi connectivity index (χ1n) is 7.95. The van der Waals surface area contributed by atoms with Crippen LogP contribution in [0.15, 0.2) is 54.7 Å². The molecule has 25 heavy (non-hydrogen) atoms. The molecule has 0 saturated heterocycles. The zero-order valence-corrected chi connectivity index (χ0v) is 15.0. The Morgan fingerprint density at radius 3 is 2.68 bits per heavy atom. The number of ether oxygens (including phenoxy) is 1. The fourth-order valence-corrected chi connectivity index (χ4v) is 3.62. The number of fused-ring (bicyclic) bond motifs is 1. The molecular formula is C20H19NO3S. The largest absolute Gasteiger partial charge is 0.465 e. The van der Waals surface area contributed by atoms with Crippen molar-refractivity contribution in [1.29, 1.82) is 0 Å². The third-order valence-electron chi connectivity index (χ3n) is 3.96. The Morgan fingerprint density at radius 1 is 1.12 bits per heavy atom. The van der Waals surface area contributed by atoms with Gasteiger partial charge in [-0.2, -0.15) is 0 Å². The first kappa shape index (κ1) is 17.3. The molecule has 0 atom stereocenters. The van der Waals surface area contributed by atoms with E-state index >= 15 is 0 Å². The lowest BCUT2D eigenvalue weighted by Gasteiger charge is -2.05. The van der Waals surface area contributed by atoms with Gasteiger partial charge in [0.2, 0.25) is 5.91 Å². The summed E-state index contributed by atoms with van der Waals surface area (Å²) < 4.78 is 6.37. The highest BCUT2D eigenvalue weighted by Gasteiger charge is 2.18. The summed E-state index contributed by atoms with van der Waals surface area (Å²) in [5.74, 6) is 0.628. The van der Waals surface area contributed by atoms with Crippen molar-refractivity contribution in [3.05, 3.63) is 71.4 Å². The lowest BCUT2D eigenvalue weighted by atomic mass is 10.2. The monoisotopic (exact) mass is 353 g/mol. The SMILES string of the molecule is COC(=O)c1cn(C(=O)CSCc2cccc(C)c2)c2ccccc12. The minimum absolute atomic E-state index is 0.0518. The van der Waals surface area contributed by atoms with Gasteiger partial charge < -0.3 is 4.74 Å².